The summed E-state index contributed by atoms with van der Waals surface area (Å²) in [5, 5.41) is 0. The van der Waals surface area contributed by atoms with Gasteiger partial charge in [0.2, 0.25) is 0 Å². The molecule has 0 aliphatic carbocycles. The maximum absolute atomic E-state index is 11.6. The summed E-state index contributed by atoms with van der Waals surface area (Å²) in [4.78, 5) is 16.2. The summed E-state index contributed by atoms with van der Waals surface area (Å²) in [5.41, 5.74) is 0. The van der Waals surface area contributed by atoms with Crippen LogP contribution in [0.25, 0.3) is 0 Å². The van der Waals surface area contributed by atoms with Crippen LogP contribution in [0.15, 0.2) is 30.9 Å². The third-order valence-electron chi connectivity index (χ3n) is 1.73. The van der Waals surface area contributed by atoms with Crippen molar-refractivity contribution in [3.63, 3.8) is 0 Å². The zero-order chi connectivity index (χ0) is 9.97. The molecule has 2 aromatic rings. The van der Waals surface area contributed by atoms with Gasteiger partial charge < -0.3 is 4.57 Å². The molecule has 0 unspecified atom stereocenters. The van der Waals surface area contributed by atoms with E-state index in [-0.39, 0.29) is 5.78 Å². The summed E-state index contributed by atoms with van der Waals surface area (Å²) < 4.78 is 2.37. The molecule has 2 aromatic heterocycles. The van der Waals surface area contributed by atoms with Crippen molar-refractivity contribution in [2.24, 2.45) is 0 Å². The molecule has 0 radical (unpaired) electrons. The molecule has 0 aromatic carbocycles. The SMILES string of the molecule is O=C(Cn1ccnc1)c1ccc(Cl)s1. The quantitative estimate of drug-likeness (QED) is 0.754. The predicted molar refractivity (Wildman–Crippen MR) is 55.9 cm³/mol. The van der Waals surface area contributed by atoms with Gasteiger partial charge in [-0.1, -0.05) is 11.6 Å². The van der Waals surface area contributed by atoms with Crippen molar-refractivity contribution < 1.29 is 4.79 Å². The Morgan fingerprint density at radius 2 is 2.43 bits per heavy atom. The van der Waals surface area contributed by atoms with Gasteiger partial charge in [0.15, 0.2) is 5.78 Å². The number of rotatable bonds is 3. The molecule has 2 heterocycles. The molecule has 0 atom stereocenters. The summed E-state index contributed by atoms with van der Waals surface area (Å²) in [6.45, 7) is 0.316. The van der Waals surface area contributed by atoms with Crippen LogP contribution in [0.1, 0.15) is 9.67 Å². The van der Waals surface area contributed by atoms with E-state index < -0.39 is 0 Å². The maximum atomic E-state index is 11.6. The smallest absolute Gasteiger partial charge is 0.192 e. The van der Waals surface area contributed by atoms with Crippen molar-refractivity contribution in [3.05, 3.63) is 40.1 Å². The Morgan fingerprint density at radius 3 is 3.00 bits per heavy atom. The first-order valence-corrected chi connectivity index (χ1v) is 5.19. The van der Waals surface area contributed by atoms with E-state index in [0.29, 0.717) is 15.8 Å². The van der Waals surface area contributed by atoms with Crippen LogP contribution < -0.4 is 0 Å². The fourth-order valence-corrected chi connectivity index (χ4v) is 2.06. The molecule has 14 heavy (non-hydrogen) atoms. The third-order valence-corrected chi connectivity index (χ3v) is 3.01. The molecule has 5 heteroatoms. The minimum Gasteiger partial charge on any atom is -0.330 e. The molecule has 0 N–H and O–H groups in total. The number of nitrogens with zero attached hydrogens (tertiary/aromatic N) is 2. The molecule has 0 bridgehead atoms. The Balaban J connectivity index is 2.10. The number of carbonyl (C=O) groups is 1. The number of ketones is 1. The second-order valence-electron chi connectivity index (χ2n) is 2.76. The second-order valence-corrected chi connectivity index (χ2v) is 4.48. The average Bonchev–Trinajstić information content (AvgIpc) is 2.75. The van der Waals surface area contributed by atoms with Crippen LogP contribution in [-0.4, -0.2) is 15.3 Å². The summed E-state index contributed by atoms with van der Waals surface area (Å²) in [5.74, 6) is 0.0555. The Bertz CT molecular complexity index is 435. The Hall–Kier alpha value is -1.13. The first-order valence-electron chi connectivity index (χ1n) is 4.00. The summed E-state index contributed by atoms with van der Waals surface area (Å²) in [6.07, 6.45) is 5.02. The monoisotopic (exact) mass is 226 g/mol. The van der Waals surface area contributed by atoms with E-state index in [1.165, 1.54) is 11.3 Å². The van der Waals surface area contributed by atoms with E-state index >= 15 is 0 Å². The van der Waals surface area contributed by atoms with Gasteiger partial charge in [-0.25, -0.2) is 4.98 Å². The zero-order valence-electron chi connectivity index (χ0n) is 7.18. The van der Waals surface area contributed by atoms with Gasteiger partial charge >= 0.3 is 0 Å². The first kappa shape index (κ1) is 9.43. The van der Waals surface area contributed by atoms with Crippen LogP contribution in [0.2, 0.25) is 4.34 Å². The van der Waals surface area contributed by atoms with Gasteiger partial charge in [0.05, 0.1) is 22.1 Å². The molecule has 2 rings (SSSR count). The number of carbonyl (C=O) groups excluding carboxylic acids is 1. The first-order chi connectivity index (χ1) is 6.75. The normalized spacial score (nSPS) is 10.4. The number of Topliss-reactive ketones (excluding diaryl/α,β-unsaturated/α-hetero) is 1. The van der Waals surface area contributed by atoms with Crippen molar-refractivity contribution in [1.82, 2.24) is 9.55 Å². The van der Waals surface area contributed by atoms with Crippen molar-refractivity contribution in [3.8, 4) is 0 Å². The highest BCUT2D eigenvalue weighted by molar-refractivity contribution is 7.18. The summed E-state index contributed by atoms with van der Waals surface area (Å²) in [7, 11) is 0. The van der Waals surface area contributed by atoms with Crippen molar-refractivity contribution in [2.45, 2.75) is 6.54 Å². The molecule has 0 aliphatic rings. The van der Waals surface area contributed by atoms with E-state index in [2.05, 4.69) is 4.98 Å². The molecule has 0 saturated heterocycles. The molecule has 72 valence electrons. The summed E-state index contributed by atoms with van der Waals surface area (Å²) >= 11 is 7.03. The van der Waals surface area contributed by atoms with Gasteiger partial charge in [0, 0.05) is 12.4 Å². The van der Waals surface area contributed by atoms with Crippen molar-refractivity contribution >= 4 is 28.7 Å². The highest BCUT2D eigenvalue weighted by Gasteiger charge is 2.08. The number of hydrogen-bond acceptors (Lipinski definition) is 3. The second kappa shape index (κ2) is 3.94. The maximum Gasteiger partial charge on any atom is 0.192 e. The summed E-state index contributed by atoms with van der Waals surface area (Å²) in [6, 6.07) is 3.47. The van der Waals surface area contributed by atoms with E-state index in [1.54, 1.807) is 35.4 Å². The standard InChI is InChI=1S/C9H7ClN2OS/c10-9-2-1-8(14-9)7(13)5-12-4-3-11-6-12/h1-4,6H,5H2. The molecule has 0 aliphatic heterocycles. The molecule has 0 spiro atoms. The van der Waals surface area contributed by atoms with Crippen LogP contribution >= 0.6 is 22.9 Å². The number of aromatic nitrogens is 2. The molecular formula is C9H7ClN2OS. The number of thiophene rings is 1. The van der Waals surface area contributed by atoms with Crippen LogP contribution in [0.3, 0.4) is 0 Å². The van der Waals surface area contributed by atoms with Gasteiger partial charge in [0.1, 0.15) is 0 Å². The fraction of sp³-hybridized carbons (Fsp3) is 0.111. The Morgan fingerprint density at radius 1 is 1.57 bits per heavy atom. The van der Waals surface area contributed by atoms with Crippen LogP contribution in [0.4, 0.5) is 0 Å². The van der Waals surface area contributed by atoms with Crippen molar-refractivity contribution in [1.29, 1.82) is 0 Å². The molecule has 0 amide bonds. The lowest BCUT2D eigenvalue weighted by molar-refractivity contribution is 0.0976. The molecule has 3 nitrogen and oxygen atoms in total. The number of imidazole rings is 1. The largest absolute Gasteiger partial charge is 0.330 e. The highest BCUT2D eigenvalue weighted by Crippen LogP contribution is 2.21. The minimum atomic E-state index is 0.0555. The third kappa shape index (κ3) is 2.02. The van der Waals surface area contributed by atoms with E-state index in [4.69, 9.17) is 11.6 Å². The van der Waals surface area contributed by atoms with Crippen LogP contribution in [-0.2, 0) is 6.54 Å². The number of hydrogen-bond donors (Lipinski definition) is 0. The van der Waals surface area contributed by atoms with Gasteiger partial charge in [-0.2, -0.15) is 0 Å². The number of halogens is 1. The minimum absolute atomic E-state index is 0.0555. The Labute approximate surface area is 90.0 Å². The topological polar surface area (TPSA) is 34.9 Å². The van der Waals surface area contributed by atoms with Crippen molar-refractivity contribution in [2.75, 3.05) is 0 Å². The lowest BCUT2D eigenvalue weighted by Gasteiger charge is -1.97. The highest BCUT2D eigenvalue weighted by atomic mass is 35.5. The van der Waals surface area contributed by atoms with E-state index in [0.717, 1.165) is 0 Å². The lowest BCUT2D eigenvalue weighted by atomic mass is 10.3. The molecular weight excluding hydrogens is 220 g/mol. The molecule has 0 fully saturated rings. The predicted octanol–water partition coefficient (Wildman–Crippen LogP) is 2.48. The van der Waals surface area contributed by atoms with Gasteiger partial charge in [-0.05, 0) is 12.1 Å². The van der Waals surface area contributed by atoms with Crippen LogP contribution in [0, 0.1) is 0 Å². The van der Waals surface area contributed by atoms with Gasteiger partial charge in [0.25, 0.3) is 0 Å². The average molecular weight is 227 g/mol. The van der Waals surface area contributed by atoms with Gasteiger partial charge in [-0.15, -0.1) is 11.3 Å². The zero-order valence-corrected chi connectivity index (χ0v) is 8.76. The van der Waals surface area contributed by atoms with Gasteiger partial charge in [-0.3, -0.25) is 4.79 Å². The fourth-order valence-electron chi connectivity index (χ4n) is 1.09. The van der Waals surface area contributed by atoms with Crippen LogP contribution in [0.5, 0.6) is 0 Å². The van der Waals surface area contributed by atoms with E-state index in [1.807, 2.05) is 0 Å². The lowest BCUT2D eigenvalue weighted by Crippen LogP contribution is -2.06. The Kier molecular flexibility index (Phi) is 2.65. The molecule has 0 saturated carbocycles. The van der Waals surface area contributed by atoms with E-state index in [9.17, 15) is 4.79 Å².